The number of rotatable bonds is 5. The van der Waals surface area contributed by atoms with E-state index in [1.807, 2.05) is 0 Å². The molecule has 0 saturated carbocycles. The van der Waals surface area contributed by atoms with E-state index >= 15 is 0 Å². The van der Waals surface area contributed by atoms with E-state index in [2.05, 4.69) is 4.98 Å². The van der Waals surface area contributed by atoms with Crippen molar-refractivity contribution in [1.82, 2.24) is 4.98 Å². The Balaban J connectivity index is 2.61. The Morgan fingerprint density at radius 2 is 2.25 bits per heavy atom. The molecule has 16 heavy (non-hydrogen) atoms. The first-order valence-corrected chi connectivity index (χ1v) is 7.55. The first-order chi connectivity index (χ1) is 7.38. The van der Waals surface area contributed by atoms with E-state index < -0.39 is 9.84 Å². The number of aromatic nitrogens is 1. The van der Waals surface area contributed by atoms with Crippen LogP contribution in [0.1, 0.15) is 5.69 Å². The zero-order valence-electron chi connectivity index (χ0n) is 8.80. The Hall–Kier alpha value is -1.08. The SMILES string of the molecule is CS(=O)(=O)CCSc1cccc(C(=N)N)n1. The average Bonchev–Trinajstić information content (AvgIpc) is 2.16. The highest BCUT2D eigenvalue weighted by molar-refractivity contribution is 8.00. The van der Waals surface area contributed by atoms with Crippen molar-refractivity contribution in [2.24, 2.45) is 5.73 Å². The summed E-state index contributed by atoms with van der Waals surface area (Å²) in [7, 11) is -2.94. The van der Waals surface area contributed by atoms with Crippen molar-refractivity contribution in [3.05, 3.63) is 23.9 Å². The highest BCUT2D eigenvalue weighted by Crippen LogP contribution is 2.15. The molecule has 1 rings (SSSR count). The minimum Gasteiger partial charge on any atom is -0.382 e. The van der Waals surface area contributed by atoms with Crippen LogP contribution in [0.5, 0.6) is 0 Å². The van der Waals surface area contributed by atoms with Crippen LogP contribution in [-0.2, 0) is 9.84 Å². The molecule has 0 spiro atoms. The molecule has 1 heterocycles. The number of amidine groups is 1. The first kappa shape index (κ1) is 13.0. The smallest absolute Gasteiger partial charge is 0.148 e. The molecular formula is C9H13N3O2S2. The molecule has 5 nitrogen and oxygen atoms in total. The van der Waals surface area contributed by atoms with Gasteiger partial charge < -0.3 is 5.73 Å². The van der Waals surface area contributed by atoms with Crippen molar-refractivity contribution in [3.63, 3.8) is 0 Å². The van der Waals surface area contributed by atoms with Crippen molar-refractivity contribution in [3.8, 4) is 0 Å². The monoisotopic (exact) mass is 259 g/mol. The third kappa shape index (κ3) is 4.63. The lowest BCUT2D eigenvalue weighted by Crippen LogP contribution is -2.13. The van der Waals surface area contributed by atoms with E-state index in [0.29, 0.717) is 16.5 Å². The van der Waals surface area contributed by atoms with Gasteiger partial charge in [-0.25, -0.2) is 13.4 Å². The Kier molecular flexibility index (Phi) is 4.31. The van der Waals surface area contributed by atoms with Gasteiger partial charge in [0.25, 0.3) is 0 Å². The van der Waals surface area contributed by atoms with E-state index in [1.54, 1.807) is 18.2 Å². The fourth-order valence-corrected chi connectivity index (χ4v) is 3.03. The van der Waals surface area contributed by atoms with Gasteiger partial charge in [0.15, 0.2) is 0 Å². The summed E-state index contributed by atoms with van der Waals surface area (Å²) >= 11 is 1.34. The van der Waals surface area contributed by atoms with Crippen LogP contribution in [0.3, 0.4) is 0 Å². The first-order valence-electron chi connectivity index (χ1n) is 4.50. The van der Waals surface area contributed by atoms with Gasteiger partial charge in [-0.15, -0.1) is 11.8 Å². The van der Waals surface area contributed by atoms with Crippen LogP contribution >= 0.6 is 11.8 Å². The molecule has 0 fully saturated rings. The summed E-state index contributed by atoms with van der Waals surface area (Å²) in [5, 5.41) is 7.90. The van der Waals surface area contributed by atoms with Crippen LogP contribution in [0.2, 0.25) is 0 Å². The summed E-state index contributed by atoms with van der Waals surface area (Å²) in [5.41, 5.74) is 5.70. The van der Waals surface area contributed by atoms with E-state index in [1.165, 1.54) is 18.0 Å². The second kappa shape index (κ2) is 5.31. The summed E-state index contributed by atoms with van der Waals surface area (Å²) in [6.07, 6.45) is 1.20. The van der Waals surface area contributed by atoms with Crippen molar-refractivity contribution >= 4 is 27.4 Å². The van der Waals surface area contributed by atoms with Gasteiger partial charge in [0.05, 0.1) is 10.8 Å². The second-order valence-electron chi connectivity index (χ2n) is 3.25. The van der Waals surface area contributed by atoms with Crippen molar-refractivity contribution in [2.45, 2.75) is 5.03 Å². The van der Waals surface area contributed by atoms with Gasteiger partial charge in [-0.1, -0.05) is 6.07 Å². The molecule has 3 N–H and O–H groups in total. The molecule has 0 aromatic carbocycles. The minimum atomic E-state index is -2.94. The van der Waals surface area contributed by atoms with Gasteiger partial charge in [-0.05, 0) is 12.1 Å². The Morgan fingerprint density at radius 1 is 1.56 bits per heavy atom. The zero-order chi connectivity index (χ0) is 12.2. The average molecular weight is 259 g/mol. The number of sulfone groups is 1. The van der Waals surface area contributed by atoms with Gasteiger partial charge in [0.2, 0.25) is 0 Å². The molecule has 0 atom stereocenters. The van der Waals surface area contributed by atoms with Gasteiger partial charge >= 0.3 is 0 Å². The number of nitrogens with two attached hydrogens (primary N) is 1. The van der Waals surface area contributed by atoms with Crippen LogP contribution in [0.15, 0.2) is 23.2 Å². The van der Waals surface area contributed by atoms with Gasteiger partial charge in [-0.3, -0.25) is 5.41 Å². The van der Waals surface area contributed by atoms with Crippen molar-refractivity contribution < 1.29 is 8.42 Å². The lowest BCUT2D eigenvalue weighted by molar-refractivity contribution is 0.603. The topological polar surface area (TPSA) is 96.9 Å². The number of nitrogens with zero attached hydrogens (tertiary/aromatic N) is 1. The molecule has 0 aliphatic heterocycles. The van der Waals surface area contributed by atoms with Crippen LogP contribution in [0, 0.1) is 5.41 Å². The standard InChI is InChI=1S/C9H13N3O2S2/c1-16(13,14)6-5-15-8-4-2-3-7(12-8)9(10)11/h2-4H,5-6H2,1H3,(H3,10,11). The summed E-state index contributed by atoms with van der Waals surface area (Å²) in [6.45, 7) is 0. The minimum absolute atomic E-state index is 0.0921. The number of hydrogen-bond acceptors (Lipinski definition) is 5. The summed E-state index contributed by atoms with van der Waals surface area (Å²) < 4.78 is 21.8. The van der Waals surface area contributed by atoms with Gasteiger partial charge in [-0.2, -0.15) is 0 Å². The molecule has 1 aromatic rings. The maximum Gasteiger partial charge on any atom is 0.148 e. The van der Waals surface area contributed by atoms with E-state index in [4.69, 9.17) is 11.1 Å². The number of hydrogen-bond donors (Lipinski definition) is 2. The second-order valence-corrected chi connectivity index (χ2v) is 6.63. The predicted molar refractivity (Wildman–Crippen MR) is 65.7 cm³/mol. The molecular weight excluding hydrogens is 246 g/mol. The lowest BCUT2D eigenvalue weighted by Gasteiger charge is -2.02. The number of nitrogens with one attached hydrogen (secondary N) is 1. The largest absolute Gasteiger partial charge is 0.382 e. The molecule has 0 bridgehead atoms. The van der Waals surface area contributed by atoms with E-state index in [0.717, 1.165) is 0 Å². The quantitative estimate of drug-likeness (QED) is 0.456. The van der Waals surface area contributed by atoms with E-state index in [9.17, 15) is 8.42 Å². The van der Waals surface area contributed by atoms with Crippen molar-refractivity contribution in [1.29, 1.82) is 5.41 Å². The molecule has 0 radical (unpaired) electrons. The highest BCUT2D eigenvalue weighted by atomic mass is 32.2. The molecule has 0 amide bonds. The Morgan fingerprint density at radius 3 is 2.81 bits per heavy atom. The van der Waals surface area contributed by atoms with Crippen LogP contribution < -0.4 is 5.73 Å². The maximum atomic E-state index is 10.9. The molecule has 0 aliphatic rings. The number of thioether (sulfide) groups is 1. The molecule has 1 aromatic heterocycles. The van der Waals surface area contributed by atoms with Crippen LogP contribution in [-0.4, -0.2) is 37.0 Å². The number of pyridine rings is 1. The Bertz CT molecular complexity index is 485. The highest BCUT2D eigenvalue weighted by Gasteiger charge is 2.04. The van der Waals surface area contributed by atoms with E-state index in [-0.39, 0.29) is 11.6 Å². The number of nitrogen functional groups attached to an aromatic ring is 1. The molecule has 0 unspecified atom stereocenters. The summed E-state index contributed by atoms with van der Waals surface area (Å²) in [5.74, 6) is 0.474. The predicted octanol–water partition coefficient (Wildman–Crippen LogP) is 0.502. The summed E-state index contributed by atoms with van der Waals surface area (Å²) in [4.78, 5) is 4.11. The summed E-state index contributed by atoms with van der Waals surface area (Å²) in [6, 6.07) is 5.15. The molecule has 0 saturated heterocycles. The van der Waals surface area contributed by atoms with Gasteiger partial charge in [0.1, 0.15) is 21.4 Å². The molecule has 0 aliphatic carbocycles. The van der Waals surface area contributed by atoms with Crippen molar-refractivity contribution in [2.75, 3.05) is 17.8 Å². The van der Waals surface area contributed by atoms with Gasteiger partial charge in [0, 0.05) is 12.0 Å². The molecule has 88 valence electrons. The normalized spacial score (nSPS) is 11.3. The Labute approximate surface area is 98.9 Å². The third-order valence-electron chi connectivity index (χ3n) is 1.70. The zero-order valence-corrected chi connectivity index (χ0v) is 10.4. The third-order valence-corrected chi connectivity index (χ3v) is 3.84. The fraction of sp³-hybridized carbons (Fsp3) is 0.333. The lowest BCUT2D eigenvalue weighted by atomic mass is 10.3. The van der Waals surface area contributed by atoms with Crippen LogP contribution in [0.4, 0.5) is 0 Å². The fourth-order valence-electron chi connectivity index (χ4n) is 0.943. The maximum absolute atomic E-state index is 10.9. The molecule has 7 heteroatoms. The van der Waals surface area contributed by atoms with Crippen LogP contribution in [0.25, 0.3) is 0 Å².